The lowest BCUT2D eigenvalue weighted by Crippen LogP contribution is -2.41. The molecule has 2 aromatic carbocycles. The average molecular weight is 579 g/mol. The quantitative estimate of drug-likeness (QED) is 0.240. The summed E-state index contributed by atoms with van der Waals surface area (Å²) in [6.07, 6.45) is 2.41. The van der Waals surface area contributed by atoms with E-state index >= 15 is 0 Å². The molecule has 4 aromatic rings. The van der Waals surface area contributed by atoms with Gasteiger partial charge in [-0.2, -0.15) is 0 Å². The molecule has 0 aliphatic heterocycles. The molecule has 0 spiro atoms. The van der Waals surface area contributed by atoms with E-state index < -0.39 is 17.6 Å². The lowest BCUT2D eigenvalue weighted by Gasteiger charge is -2.27. The summed E-state index contributed by atoms with van der Waals surface area (Å²) in [5, 5.41) is 3.57. The summed E-state index contributed by atoms with van der Waals surface area (Å²) in [6, 6.07) is 16.0. The first kappa shape index (κ1) is 29.4. The lowest BCUT2D eigenvalue weighted by molar-refractivity contribution is -0.117. The maximum absolute atomic E-state index is 12.9. The molecule has 1 N–H and O–H groups in total. The van der Waals surface area contributed by atoms with Gasteiger partial charge in [0.1, 0.15) is 22.9 Å². The first-order chi connectivity index (χ1) is 19.6. The molecule has 0 atom stereocenters. The maximum atomic E-state index is 12.9. The molecule has 0 saturated carbocycles. The van der Waals surface area contributed by atoms with Crippen molar-refractivity contribution < 1.29 is 28.5 Å². The average Bonchev–Trinajstić information content (AvgIpc) is 2.93. The Morgan fingerprint density at radius 2 is 1.66 bits per heavy atom. The van der Waals surface area contributed by atoms with Crippen molar-refractivity contribution in [3.05, 3.63) is 77.6 Å². The number of carbonyl (C=O) groups excluding carboxylic acids is 2. The van der Waals surface area contributed by atoms with Crippen molar-refractivity contribution in [3.8, 4) is 23.1 Å². The van der Waals surface area contributed by atoms with Crippen LogP contribution in [0.25, 0.3) is 10.9 Å². The molecule has 2 aromatic heterocycles. The number of aromatic nitrogens is 2. The molecule has 0 radical (unpaired) electrons. The summed E-state index contributed by atoms with van der Waals surface area (Å²) < 4.78 is 22.3. The third-order valence-electron chi connectivity index (χ3n) is 5.71. The van der Waals surface area contributed by atoms with Gasteiger partial charge in [-0.3, -0.25) is 14.7 Å². The summed E-state index contributed by atoms with van der Waals surface area (Å²) >= 11 is 6.47. The second-order valence-corrected chi connectivity index (χ2v) is 10.4. The zero-order valence-corrected chi connectivity index (χ0v) is 24.2. The Morgan fingerprint density at radius 1 is 0.951 bits per heavy atom. The van der Waals surface area contributed by atoms with Gasteiger partial charge in [0, 0.05) is 24.2 Å². The number of methoxy groups -OCH3 is 2. The molecule has 11 heteroatoms. The largest absolute Gasteiger partial charge is 0.493 e. The first-order valence-corrected chi connectivity index (χ1v) is 13.1. The van der Waals surface area contributed by atoms with Gasteiger partial charge in [-0.1, -0.05) is 41.9 Å². The minimum absolute atomic E-state index is 0.131. The molecular formula is C30H31ClN4O6. The van der Waals surface area contributed by atoms with E-state index in [0.717, 1.165) is 5.56 Å². The van der Waals surface area contributed by atoms with Crippen LogP contribution in [0.5, 0.6) is 23.1 Å². The molecule has 0 fully saturated rings. The third kappa shape index (κ3) is 7.76. The van der Waals surface area contributed by atoms with Gasteiger partial charge in [-0.05, 0) is 44.5 Å². The van der Waals surface area contributed by atoms with Crippen LogP contribution in [-0.4, -0.2) is 53.2 Å². The minimum Gasteiger partial charge on any atom is -0.493 e. The predicted octanol–water partition coefficient (Wildman–Crippen LogP) is 6.47. The zero-order chi connectivity index (χ0) is 29.6. The van der Waals surface area contributed by atoms with Crippen molar-refractivity contribution in [2.75, 3.05) is 26.1 Å². The van der Waals surface area contributed by atoms with Gasteiger partial charge < -0.3 is 24.3 Å². The van der Waals surface area contributed by atoms with E-state index in [4.69, 9.17) is 30.5 Å². The summed E-state index contributed by atoms with van der Waals surface area (Å²) in [4.78, 5) is 35.8. The van der Waals surface area contributed by atoms with Crippen molar-refractivity contribution in [1.82, 2.24) is 14.9 Å². The molecule has 4 rings (SSSR count). The van der Waals surface area contributed by atoms with Gasteiger partial charge in [0.15, 0.2) is 11.5 Å². The van der Waals surface area contributed by atoms with Crippen LogP contribution in [0.1, 0.15) is 26.3 Å². The van der Waals surface area contributed by atoms with Gasteiger partial charge in [0.2, 0.25) is 11.8 Å². The van der Waals surface area contributed by atoms with E-state index in [2.05, 4.69) is 15.3 Å². The van der Waals surface area contributed by atoms with Gasteiger partial charge in [-0.15, -0.1) is 0 Å². The van der Waals surface area contributed by atoms with Crippen LogP contribution in [0.3, 0.4) is 0 Å². The standard InChI is InChI=1S/C30H31ClN4O6/c1-30(2,3)41-29(37)35(17-19-9-7-6-8-10-19)18-27(36)34-20-13-22(31)28(33-16-20)40-24-11-12-32-23-15-26(39-5)25(38-4)14-21(23)24/h6-16H,17-18H2,1-5H3,(H,34,36). The van der Waals surface area contributed by atoms with Gasteiger partial charge in [0.25, 0.3) is 0 Å². The predicted molar refractivity (Wildman–Crippen MR) is 156 cm³/mol. The SMILES string of the molecule is COc1cc2nccc(Oc3ncc(NC(=O)CN(Cc4ccccc4)C(=O)OC(C)(C)C)cc3Cl)c2cc1OC. The third-order valence-corrected chi connectivity index (χ3v) is 5.98. The molecule has 10 nitrogen and oxygen atoms in total. The number of hydrogen-bond donors (Lipinski definition) is 1. The van der Waals surface area contributed by atoms with Crippen molar-refractivity contribution >= 4 is 40.2 Å². The number of pyridine rings is 2. The topological polar surface area (TPSA) is 112 Å². The van der Waals surface area contributed by atoms with Crippen LogP contribution in [0.4, 0.5) is 10.5 Å². The number of nitrogens with one attached hydrogen (secondary N) is 1. The van der Waals surface area contributed by atoms with Crippen molar-refractivity contribution in [1.29, 1.82) is 0 Å². The van der Waals surface area contributed by atoms with Gasteiger partial charge >= 0.3 is 6.09 Å². The Balaban J connectivity index is 1.48. The van der Waals surface area contributed by atoms with Crippen molar-refractivity contribution in [3.63, 3.8) is 0 Å². The number of rotatable bonds is 9. The molecular weight excluding hydrogens is 548 g/mol. The molecule has 0 saturated heterocycles. The molecule has 2 amide bonds. The van der Waals surface area contributed by atoms with Crippen LogP contribution in [0.2, 0.25) is 5.02 Å². The Morgan fingerprint density at radius 3 is 2.32 bits per heavy atom. The molecule has 0 aliphatic rings. The van der Waals surface area contributed by atoms with E-state index in [0.29, 0.717) is 33.8 Å². The number of hydrogen-bond acceptors (Lipinski definition) is 8. The van der Waals surface area contributed by atoms with E-state index in [-0.39, 0.29) is 24.0 Å². The van der Waals surface area contributed by atoms with Crippen molar-refractivity contribution in [2.45, 2.75) is 32.9 Å². The van der Waals surface area contributed by atoms with Gasteiger partial charge in [-0.25, -0.2) is 9.78 Å². The molecule has 0 unspecified atom stereocenters. The molecule has 41 heavy (non-hydrogen) atoms. The fraction of sp³-hybridized carbons (Fsp3) is 0.267. The summed E-state index contributed by atoms with van der Waals surface area (Å²) in [6.45, 7) is 5.26. The lowest BCUT2D eigenvalue weighted by atomic mass is 10.2. The second-order valence-electron chi connectivity index (χ2n) is 10.0. The van der Waals surface area contributed by atoms with Crippen molar-refractivity contribution in [2.24, 2.45) is 0 Å². The monoisotopic (exact) mass is 578 g/mol. The molecule has 0 bridgehead atoms. The Hall–Kier alpha value is -4.57. The summed E-state index contributed by atoms with van der Waals surface area (Å²) in [7, 11) is 3.09. The zero-order valence-electron chi connectivity index (χ0n) is 23.4. The second kappa shape index (κ2) is 12.7. The van der Waals surface area contributed by atoms with Crippen LogP contribution in [0, 0.1) is 0 Å². The highest BCUT2D eigenvalue weighted by molar-refractivity contribution is 6.32. The molecule has 214 valence electrons. The highest BCUT2D eigenvalue weighted by Gasteiger charge is 2.24. The number of amides is 2. The Labute approximate surface area is 243 Å². The van der Waals surface area contributed by atoms with E-state index in [9.17, 15) is 9.59 Å². The number of ether oxygens (including phenoxy) is 4. The number of benzene rings is 2. The number of fused-ring (bicyclic) bond motifs is 1. The summed E-state index contributed by atoms with van der Waals surface area (Å²) in [5.74, 6) is 1.19. The molecule has 0 aliphatic carbocycles. The Kier molecular flexibility index (Phi) is 9.14. The van der Waals surface area contributed by atoms with Crippen LogP contribution in [-0.2, 0) is 16.1 Å². The highest BCUT2D eigenvalue weighted by Crippen LogP contribution is 2.38. The normalized spacial score (nSPS) is 11.1. The fourth-order valence-corrected chi connectivity index (χ4v) is 4.10. The van der Waals surface area contributed by atoms with E-state index in [1.807, 2.05) is 30.3 Å². The highest BCUT2D eigenvalue weighted by atomic mass is 35.5. The minimum atomic E-state index is -0.715. The van der Waals surface area contributed by atoms with Crippen LogP contribution >= 0.6 is 11.6 Å². The van der Waals surface area contributed by atoms with Crippen LogP contribution < -0.4 is 19.5 Å². The van der Waals surface area contributed by atoms with Crippen LogP contribution in [0.15, 0.2) is 67.0 Å². The number of anilines is 1. The summed E-state index contributed by atoms with van der Waals surface area (Å²) in [5.41, 5.74) is 1.11. The Bertz CT molecular complexity index is 1540. The number of nitrogens with zero attached hydrogens (tertiary/aromatic N) is 3. The number of halogens is 1. The van der Waals surface area contributed by atoms with E-state index in [1.54, 1.807) is 59.4 Å². The maximum Gasteiger partial charge on any atom is 0.411 e. The van der Waals surface area contributed by atoms with E-state index in [1.165, 1.54) is 17.2 Å². The van der Waals surface area contributed by atoms with Gasteiger partial charge in [0.05, 0.1) is 31.6 Å². The number of carbonyl (C=O) groups is 2. The molecule has 2 heterocycles. The smallest absolute Gasteiger partial charge is 0.411 e. The fourth-order valence-electron chi connectivity index (χ4n) is 3.90. The first-order valence-electron chi connectivity index (χ1n) is 12.7.